The number of aromatic nitrogens is 1. The molecule has 3 aromatic carbocycles. The van der Waals surface area contributed by atoms with Crippen molar-refractivity contribution in [1.29, 1.82) is 0 Å². The Hall–Kier alpha value is -5.18. The highest BCUT2D eigenvalue weighted by molar-refractivity contribution is 5.99. The summed E-state index contributed by atoms with van der Waals surface area (Å²) < 4.78 is 4.92. The Morgan fingerprint density at radius 3 is 2.40 bits per heavy atom. The molecule has 1 aromatic heterocycles. The highest BCUT2D eigenvalue weighted by Gasteiger charge is 2.25. The third-order valence-corrected chi connectivity index (χ3v) is 6.70. The topological polar surface area (TPSA) is 143 Å². The molecule has 9 nitrogen and oxygen atoms in total. The molecule has 4 rings (SSSR count). The predicted octanol–water partition coefficient (Wildman–Crippen LogP) is 4.05. The van der Waals surface area contributed by atoms with Crippen LogP contribution in [-0.2, 0) is 25.5 Å². The molecule has 216 valence electrons. The fourth-order valence-corrected chi connectivity index (χ4v) is 4.62. The normalized spacial score (nSPS) is 12.5. The monoisotopic (exact) mass is 566 g/mol. The number of hydrogen-bond acceptors (Lipinski definition) is 5. The van der Waals surface area contributed by atoms with Crippen LogP contribution < -0.4 is 16.4 Å². The van der Waals surface area contributed by atoms with Crippen LogP contribution in [0.2, 0.25) is 0 Å². The molecule has 0 aliphatic carbocycles. The van der Waals surface area contributed by atoms with Crippen molar-refractivity contribution in [1.82, 2.24) is 15.6 Å². The van der Waals surface area contributed by atoms with Crippen molar-refractivity contribution >= 4 is 34.5 Å². The first kappa shape index (κ1) is 29.8. The van der Waals surface area contributed by atoms with Gasteiger partial charge in [0, 0.05) is 36.2 Å². The number of carbonyl (C=O) groups excluding carboxylic acids is 4. The summed E-state index contributed by atoms with van der Waals surface area (Å²) in [5, 5.41) is 7.81. The quantitative estimate of drug-likeness (QED) is 0.143. The summed E-state index contributed by atoms with van der Waals surface area (Å²) in [6, 6.07) is 25.2. The zero-order valence-corrected chi connectivity index (χ0v) is 23.3. The van der Waals surface area contributed by atoms with Gasteiger partial charge in [-0.1, -0.05) is 78.9 Å². The lowest BCUT2D eigenvalue weighted by molar-refractivity contribution is -0.137. The average Bonchev–Trinajstić information content (AvgIpc) is 3.49. The molecule has 0 unspecified atom stereocenters. The number of ether oxygens (including phenoxy) is 1. The molecular formula is C33H34N4O5. The minimum Gasteiger partial charge on any atom is -0.463 e. The molecule has 0 saturated heterocycles. The number of fused-ring (bicyclic) bond motifs is 1. The molecule has 0 radical (unpaired) electrons. The van der Waals surface area contributed by atoms with Gasteiger partial charge in [0.25, 0.3) is 5.91 Å². The van der Waals surface area contributed by atoms with Crippen molar-refractivity contribution in [2.75, 3.05) is 6.61 Å². The van der Waals surface area contributed by atoms with Gasteiger partial charge >= 0.3 is 5.97 Å². The van der Waals surface area contributed by atoms with Crippen LogP contribution >= 0.6 is 0 Å². The van der Waals surface area contributed by atoms with Crippen molar-refractivity contribution < 1.29 is 23.9 Å². The summed E-state index contributed by atoms with van der Waals surface area (Å²) in [5.74, 6) is -2.04. The van der Waals surface area contributed by atoms with Crippen LogP contribution in [0.15, 0.2) is 97.1 Å². The smallest absolute Gasteiger partial charge is 0.330 e. The van der Waals surface area contributed by atoms with Gasteiger partial charge in [-0.25, -0.2) is 4.79 Å². The first-order chi connectivity index (χ1) is 20.3. The maximum absolute atomic E-state index is 13.5. The van der Waals surface area contributed by atoms with Gasteiger partial charge in [0.1, 0.15) is 11.7 Å². The molecule has 3 amide bonds. The number of benzene rings is 3. The van der Waals surface area contributed by atoms with Gasteiger partial charge in [0.15, 0.2) is 0 Å². The van der Waals surface area contributed by atoms with Gasteiger partial charge < -0.3 is 26.1 Å². The summed E-state index contributed by atoms with van der Waals surface area (Å²) in [7, 11) is 0. The number of esters is 1. The fraction of sp³-hybridized carbons (Fsp3) is 0.212. The largest absolute Gasteiger partial charge is 0.463 e. The van der Waals surface area contributed by atoms with Gasteiger partial charge in [0.2, 0.25) is 11.8 Å². The maximum Gasteiger partial charge on any atom is 0.330 e. The Labute approximate surface area is 244 Å². The van der Waals surface area contributed by atoms with E-state index in [1.807, 2.05) is 78.9 Å². The second-order valence-corrected chi connectivity index (χ2v) is 9.76. The molecule has 0 bridgehead atoms. The lowest BCUT2D eigenvalue weighted by Gasteiger charge is -2.22. The highest BCUT2D eigenvalue weighted by Crippen LogP contribution is 2.28. The minimum atomic E-state index is -0.948. The van der Waals surface area contributed by atoms with E-state index < -0.39 is 35.8 Å². The third-order valence-electron chi connectivity index (χ3n) is 6.70. The van der Waals surface area contributed by atoms with E-state index in [4.69, 9.17) is 10.5 Å². The molecular weight excluding hydrogens is 532 g/mol. The van der Waals surface area contributed by atoms with Crippen molar-refractivity contribution in [2.24, 2.45) is 5.73 Å². The molecule has 0 spiro atoms. The average molecular weight is 567 g/mol. The molecule has 2 atom stereocenters. The van der Waals surface area contributed by atoms with E-state index in [9.17, 15) is 19.2 Å². The van der Waals surface area contributed by atoms with Crippen LogP contribution in [0, 0.1) is 0 Å². The van der Waals surface area contributed by atoms with Gasteiger partial charge in [0.05, 0.1) is 6.61 Å². The second kappa shape index (κ2) is 14.5. The summed E-state index contributed by atoms with van der Waals surface area (Å²) in [4.78, 5) is 53.4. The number of amides is 3. The van der Waals surface area contributed by atoms with Crippen LogP contribution in [-0.4, -0.2) is 47.4 Å². The van der Waals surface area contributed by atoms with Crippen molar-refractivity contribution in [3.05, 3.63) is 108 Å². The van der Waals surface area contributed by atoms with Crippen molar-refractivity contribution in [3.8, 4) is 11.3 Å². The number of nitrogens with two attached hydrogens (primary N) is 1. The van der Waals surface area contributed by atoms with Gasteiger partial charge in [-0.05, 0) is 41.8 Å². The molecule has 0 saturated carbocycles. The number of carbonyl (C=O) groups is 4. The van der Waals surface area contributed by atoms with E-state index in [1.165, 1.54) is 12.2 Å². The molecule has 1 heterocycles. The van der Waals surface area contributed by atoms with Crippen molar-refractivity contribution in [2.45, 2.75) is 38.3 Å². The van der Waals surface area contributed by atoms with Gasteiger partial charge in [-0.3, -0.25) is 14.4 Å². The summed E-state index contributed by atoms with van der Waals surface area (Å²) in [6.07, 6.45) is 3.05. The Bertz CT molecular complexity index is 1570. The molecule has 9 heteroatoms. The zero-order chi connectivity index (χ0) is 29.9. The van der Waals surface area contributed by atoms with E-state index in [-0.39, 0.29) is 25.9 Å². The minimum absolute atomic E-state index is 0.00670. The number of hydrogen-bond donors (Lipinski definition) is 4. The van der Waals surface area contributed by atoms with E-state index >= 15 is 0 Å². The van der Waals surface area contributed by atoms with Crippen LogP contribution in [0.25, 0.3) is 22.0 Å². The van der Waals surface area contributed by atoms with Gasteiger partial charge in [-0.2, -0.15) is 0 Å². The molecule has 0 aliphatic heterocycles. The van der Waals surface area contributed by atoms with Crippen LogP contribution in [0.4, 0.5) is 0 Å². The fourth-order valence-electron chi connectivity index (χ4n) is 4.62. The van der Waals surface area contributed by atoms with Gasteiger partial charge in [-0.15, -0.1) is 0 Å². The Morgan fingerprint density at radius 1 is 0.905 bits per heavy atom. The molecule has 5 N–H and O–H groups in total. The number of primary amides is 1. The SMILES string of the molecule is CCOC(=O)/C=C/[C@H](CCC(N)=O)NC(=O)[C@H](Cc1ccccc1)NC(=O)c1ccc(-c2cccc3ccccc23)[nH]1. The van der Waals surface area contributed by atoms with Crippen LogP contribution in [0.1, 0.15) is 35.8 Å². The second-order valence-electron chi connectivity index (χ2n) is 9.76. The van der Waals surface area contributed by atoms with Crippen molar-refractivity contribution in [3.63, 3.8) is 0 Å². The lowest BCUT2D eigenvalue weighted by Crippen LogP contribution is -2.50. The van der Waals surface area contributed by atoms with E-state index in [1.54, 1.807) is 13.0 Å². The summed E-state index contributed by atoms with van der Waals surface area (Å²) in [5.41, 5.74) is 8.19. The molecule has 0 aliphatic rings. The highest BCUT2D eigenvalue weighted by atomic mass is 16.5. The number of H-pyrrole nitrogens is 1. The maximum atomic E-state index is 13.5. The molecule has 0 fully saturated rings. The lowest BCUT2D eigenvalue weighted by atomic mass is 10.0. The number of nitrogens with one attached hydrogen (secondary N) is 3. The van der Waals surface area contributed by atoms with E-state index in [0.717, 1.165) is 27.6 Å². The van der Waals surface area contributed by atoms with E-state index in [0.29, 0.717) is 5.69 Å². The standard InChI is InChI=1S/C33H34N4O5/c1-2-42-31(39)20-16-24(15-19-30(34)38)35-33(41)29(21-22-9-4-3-5-10-22)37-32(40)28-18-17-27(36-28)26-14-8-12-23-11-6-7-13-25(23)26/h3-14,16-18,20,24,29,36H,2,15,19,21H2,1H3,(H2,34,38)(H,35,41)(H,37,40)/b20-16+/t24-,29-/m0/s1. The first-order valence-electron chi connectivity index (χ1n) is 13.8. The Morgan fingerprint density at radius 2 is 1.64 bits per heavy atom. The number of rotatable bonds is 13. The first-order valence-corrected chi connectivity index (χ1v) is 13.8. The zero-order valence-electron chi connectivity index (χ0n) is 23.3. The van der Waals surface area contributed by atoms with Crippen LogP contribution in [0.3, 0.4) is 0 Å². The number of aromatic amines is 1. The van der Waals surface area contributed by atoms with E-state index in [2.05, 4.69) is 15.6 Å². The predicted molar refractivity (Wildman–Crippen MR) is 161 cm³/mol. The molecule has 4 aromatic rings. The summed E-state index contributed by atoms with van der Waals surface area (Å²) >= 11 is 0. The van der Waals surface area contributed by atoms with Crippen LogP contribution in [0.5, 0.6) is 0 Å². The summed E-state index contributed by atoms with van der Waals surface area (Å²) in [6.45, 7) is 1.89. The molecule has 42 heavy (non-hydrogen) atoms. The third kappa shape index (κ3) is 8.17. The Balaban J connectivity index is 1.54. The Kier molecular flexibility index (Phi) is 10.3.